The second-order valence-electron chi connectivity index (χ2n) is 6.33. The zero-order valence-electron chi connectivity index (χ0n) is 12.6. The first-order valence-corrected chi connectivity index (χ1v) is 6.85. The van der Waals surface area contributed by atoms with Crippen molar-refractivity contribution < 1.29 is 14.7 Å². The van der Waals surface area contributed by atoms with Gasteiger partial charge in [0, 0.05) is 18.6 Å². The molecule has 0 aromatic carbocycles. The van der Waals surface area contributed by atoms with Crippen LogP contribution in [-0.4, -0.2) is 51.6 Å². The Morgan fingerprint density at radius 1 is 1.45 bits per heavy atom. The molecule has 0 bridgehead atoms. The first kappa shape index (κ1) is 16.3. The van der Waals surface area contributed by atoms with Crippen molar-refractivity contribution in [2.45, 2.75) is 52.1 Å². The van der Waals surface area contributed by atoms with Crippen molar-refractivity contribution in [1.82, 2.24) is 9.80 Å². The van der Waals surface area contributed by atoms with Crippen LogP contribution in [0.15, 0.2) is 0 Å². The van der Waals surface area contributed by atoms with E-state index in [-0.39, 0.29) is 24.3 Å². The number of rotatable bonds is 2. The van der Waals surface area contributed by atoms with Crippen LogP contribution in [0, 0.1) is 17.2 Å². The smallest absolute Gasteiger partial charge is 0.408 e. The molecule has 2 amide bonds. The number of amides is 2. The van der Waals surface area contributed by atoms with Gasteiger partial charge in [-0.05, 0) is 33.1 Å². The number of carbonyl (C=O) groups is 2. The summed E-state index contributed by atoms with van der Waals surface area (Å²) in [5.41, 5.74) is -0.522. The first-order chi connectivity index (χ1) is 9.18. The second-order valence-corrected chi connectivity index (χ2v) is 6.33. The van der Waals surface area contributed by atoms with Crippen molar-refractivity contribution in [1.29, 1.82) is 5.26 Å². The third-order valence-electron chi connectivity index (χ3n) is 3.76. The fraction of sp³-hybridized carbons (Fsp3) is 0.786. The maximum Gasteiger partial charge on any atom is 0.408 e. The van der Waals surface area contributed by atoms with Crippen molar-refractivity contribution in [3.8, 4) is 6.07 Å². The summed E-state index contributed by atoms with van der Waals surface area (Å²) in [5, 5.41) is 18.1. The predicted molar refractivity (Wildman–Crippen MR) is 74.0 cm³/mol. The quantitative estimate of drug-likeness (QED) is 0.838. The van der Waals surface area contributed by atoms with E-state index in [0.717, 1.165) is 6.42 Å². The normalized spacial score (nSPS) is 23.1. The molecule has 6 heteroatoms. The Bertz CT molecular complexity index is 422. The minimum atomic E-state index is -0.969. The van der Waals surface area contributed by atoms with Crippen molar-refractivity contribution in [3.63, 3.8) is 0 Å². The molecule has 2 atom stereocenters. The van der Waals surface area contributed by atoms with Crippen LogP contribution in [0.5, 0.6) is 0 Å². The summed E-state index contributed by atoms with van der Waals surface area (Å²) in [4.78, 5) is 26.4. The van der Waals surface area contributed by atoms with E-state index in [4.69, 9.17) is 5.26 Å². The highest BCUT2D eigenvalue weighted by molar-refractivity contribution is 5.78. The van der Waals surface area contributed by atoms with Gasteiger partial charge in [-0.2, -0.15) is 5.26 Å². The highest BCUT2D eigenvalue weighted by Crippen LogP contribution is 2.28. The average Bonchev–Trinajstić information content (AvgIpc) is 2.29. The molecule has 1 fully saturated rings. The Kier molecular flexibility index (Phi) is 4.98. The minimum absolute atomic E-state index is 0.149. The van der Waals surface area contributed by atoms with Gasteiger partial charge in [-0.25, -0.2) is 4.79 Å². The number of nitrogens with zero attached hydrogens (tertiary/aromatic N) is 3. The van der Waals surface area contributed by atoms with Gasteiger partial charge in [0.1, 0.15) is 6.42 Å². The van der Waals surface area contributed by atoms with Crippen LogP contribution in [0.2, 0.25) is 0 Å². The first-order valence-electron chi connectivity index (χ1n) is 6.85. The van der Waals surface area contributed by atoms with E-state index >= 15 is 0 Å². The maximum absolute atomic E-state index is 11.8. The lowest BCUT2D eigenvalue weighted by molar-refractivity contribution is -0.133. The van der Waals surface area contributed by atoms with Crippen molar-refractivity contribution in [2.24, 2.45) is 5.92 Å². The van der Waals surface area contributed by atoms with Crippen LogP contribution >= 0.6 is 0 Å². The Morgan fingerprint density at radius 2 is 2.05 bits per heavy atom. The minimum Gasteiger partial charge on any atom is -0.465 e. The highest BCUT2D eigenvalue weighted by Gasteiger charge is 2.40. The average molecular weight is 281 g/mol. The summed E-state index contributed by atoms with van der Waals surface area (Å²) in [6.45, 7) is 8.52. The maximum atomic E-state index is 11.8. The molecule has 20 heavy (non-hydrogen) atoms. The van der Waals surface area contributed by atoms with Crippen molar-refractivity contribution in [3.05, 3.63) is 0 Å². The zero-order valence-corrected chi connectivity index (χ0v) is 12.6. The topological polar surface area (TPSA) is 84.6 Å². The number of likely N-dealkylation sites (tertiary alicyclic amines) is 1. The molecule has 6 nitrogen and oxygen atoms in total. The van der Waals surface area contributed by atoms with E-state index in [2.05, 4.69) is 0 Å². The molecule has 1 rings (SSSR count). The lowest BCUT2D eigenvalue weighted by Crippen LogP contribution is -2.60. The van der Waals surface area contributed by atoms with Crippen LogP contribution in [-0.2, 0) is 4.79 Å². The molecular weight excluding hydrogens is 258 g/mol. The zero-order chi connectivity index (χ0) is 15.5. The Balaban J connectivity index is 2.93. The molecule has 112 valence electrons. The van der Waals surface area contributed by atoms with Crippen LogP contribution < -0.4 is 0 Å². The lowest BCUT2D eigenvalue weighted by atomic mass is 9.89. The monoisotopic (exact) mass is 281 g/mol. The number of carboxylic acid groups (broad SMARTS) is 1. The van der Waals surface area contributed by atoms with E-state index < -0.39 is 11.6 Å². The summed E-state index contributed by atoms with van der Waals surface area (Å²) >= 11 is 0. The van der Waals surface area contributed by atoms with Gasteiger partial charge >= 0.3 is 6.09 Å². The van der Waals surface area contributed by atoms with Gasteiger partial charge in [0.25, 0.3) is 0 Å². The van der Waals surface area contributed by atoms with Crippen LogP contribution in [0.4, 0.5) is 4.79 Å². The molecule has 1 aliphatic heterocycles. The molecule has 0 radical (unpaired) electrons. The van der Waals surface area contributed by atoms with E-state index in [9.17, 15) is 14.7 Å². The van der Waals surface area contributed by atoms with Crippen LogP contribution in [0.3, 0.4) is 0 Å². The molecule has 0 aromatic rings. The van der Waals surface area contributed by atoms with Crippen molar-refractivity contribution in [2.75, 3.05) is 13.1 Å². The largest absolute Gasteiger partial charge is 0.465 e. The number of carbonyl (C=O) groups excluding carboxylic acids is 1. The van der Waals surface area contributed by atoms with Gasteiger partial charge in [0.05, 0.1) is 12.1 Å². The summed E-state index contributed by atoms with van der Waals surface area (Å²) in [7, 11) is 0. The molecule has 1 heterocycles. The SMILES string of the molecule is CC1CCN(C(=O)CC#N)CC1N(C(=O)O)C(C)(C)C. The molecular formula is C14H23N3O3. The fourth-order valence-electron chi connectivity index (χ4n) is 2.72. The number of nitriles is 1. The van der Waals surface area contributed by atoms with E-state index in [1.54, 1.807) is 4.90 Å². The third kappa shape index (κ3) is 3.62. The van der Waals surface area contributed by atoms with Gasteiger partial charge in [0.2, 0.25) is 5.91 Å². The Labute approximate surface area is 120 Å². The predicted octanol–water partition coefficient (Wildman–Crippen LogP) is 1.92. The van der Waals surface area contributed by atoms with Gasteiger partial charge < -0.3 is 10.0 Å². The standard InChI is InChI=1S/C14H23N3O3/c1-10-6-8-16(12(18)5-7-15)9-11(10)17(13(19)20)14(2,3)4/h10-11H,5-6,8-9H2,1-4H3,(H,19,20). The number of hydrogen-bond donors (Lipinski definition) is 1. The lowest BCUT2D eigenvalue weighted by Gasteiger charge is -2.47. The molecule has 0 aromatic heterocycles. The van der Waals surface area contributed by atoms with E-state index in [1.165, 1.54) is 4.90 Å². The number of hydrogen-bond acceptors (Lipinski definition) is 3. The summed E-state index contributed by atoms with van der Waals surface area (Å²) < 4.78 is 0. The molecule has 0 spiro atoms. The Morgan fingerprint density at radius 3 is 2.50 bits per heavy atom. The molecule has 1 aliphatic rings. The van der Waals surface area contributed by atoms with Gasteiger partial charge in [0.15, 0.2) is 0 Å². The Hall–Kier alpha value is -1.77. The summed E-state index contributed by atoms with van der Waals surface area (Å²) in [5.74, 6) is -0.0277. The van der Waals surface area contributed by atoms with E-state index in [1.807, 2.05) is 33.8 Å². The van der Waals surface area contributed by atoms with Gasteiger partial charge in [-0.1, -0.05) is 6.92 Å². The molecule has 0 aliphatic carbocycles. The molecule has 0 saturated carbocycles. The summed E-state index contributed by atoms with van der Waals surface area (Å²) in [6, 6.07) is 1.62. The molecule has 1 saturated heterocycles. The third-order valence-corrected chi connectivity index (χ3v) is 3.76. The molecule has 1 N–H and O–H groups in total. The van der Waals surface area contributed by atoms with Crippen LogP contribution in [0.25, 0.3) is 0 Å². The second kappa shape index (κ2) is 6.12. The molecule has 2 unspecified atom stereocenters. The van der Waals surface area contributed by atoms with Gasteiger partial charge in [-0.3, -0.25) is 9.69 Å². The van der Waals surface area contributed by atoms with Crippen LogP contribution in [0.1, 0.15) is 40.5 Å². The van der Waals surface area contributed by atoms with Crippen molar-refractivity contribution >= 4 is 12.0 Å². The highest BCUT2D eigenvalue weighted by atomic mass is 16.4. The summed E-state index contributed by atoms with van der Waals surface area (Å²) in [6.07, 6.45) is -0.366. The van der Waals surface area contributed by atoms with Gasteiger partial charge in [-0.15, -0.1) is 0 Å². The fourth-order valence-corrected chi connectivity index (χ4v) is 2.72. The number of piperidine rings is 1. The van der Waals surface area contributed by atoms with E-state index in [0.29, 0.717) is 13.1 Å².